The summed E-state index contributed by atoms with van der Waals surface area (Å²) in [6, 6.07) is 0.184. The molecule has 2 amide bonds. The summed E-state index contributed by atoms with van der Waals surface area (Å²) < 4.78 is 0. The highest BCUT2D eigenvalue weighted by Gasteiger charge is 2.25. The van der Waals surface area contributed by atoms with Gasteiger partial charge in [-0.2, -0.15) is 0 Å². The number of hydrogen-bond acceptors (Lipinski definition) is 2. The SMILES string of the molecule is CCC(C)CC(C)NC(=O)N1CCC(CC(=O)O)CC1. The van der Waals surface area contributed by atoms with Crippen molar-refractivity contribution < 1.29 is 14.7 Å². The van der Waals surface area contributed by atoms with E-state index < -0.39 is 5.97 Å². The van der Waals surface area contributed by atoms with Gasteiger partial charge in [0.25, 0.3) is 0 Å². The number of carbonyl (C=O) groups excluding carboxylic acids is 1. The quantitative estimate of drug-likeness (QED) is 0.788. The number of carboxylic acid groups (broad SMARTS) is 1. The van der Waals surface area contributed by atoms with Crippen LogP contribution in [0.5, 0.6) is 0 Å². The predicted octanol–water partition coefficient (Wildman–Crippen LogP) is 2.71. The lowest BCUT2D eigenvalue weighted by atomic mass is 9.94. The monoisotopic (exact) mass is 284 g/mol. The van der Waals surface area contributed by atoms with Crippen molar-refractivity contribution >= 4 is 12.0 Å². The van der Waals surface area contributed by atoms with Crippen molar-refractivity contribution in [3.63, 3.8) is 0 Å². The molecule has 1 aliphatic heterocycles. The molecule has 0 bridgehead atoms. The van der Waals surface area contributed by atoms with Gasteiger partial charge in [-0.3, -0.25) is 4.79 Å². The molecule has 0 aromatic heterocycles. The van der Waals surface area contributed by atoms with E-state index in [0.717, 1.165) is 25.7 Å². The van der Waals surface area contributed by atoms with Crippen molar-refractivity contribution in [2.75, 3.05) is 13.1 Å². The van der Waals surface area contributed by atoms with Crippen molar-refractivity contribution in [1.29, 1.82) is 0 Å². The average Bonchev–Trinajstić information content (AvgIpc) is 2.38. The lowest BCUT2D eigenvalue weighted by Crippen LogP contribution is -2.47. The fourth-order valence-electron chi connectivity index (χ4n) is 2.72. The first-order valence-electron chi connectivity index (χ1n) is 7.69. The molecule has 20 heavy (non-hydrogen) atoms. The number of nitrogens with one attached hydrogen (secondary N) is 1. The average molecular weight is 284 g/mol. The Hall–Kier alpha value is -1.26. The Bertz CT molecular complexity index is 325. The van der Waals surface area contributed by atoms with Crippen molar-refractivity contribution in [1.82, 2.24) is 10.2 Å². The second kappa shape index (κ2) is 8.12. The van der Waals surface area contributed by atoms with Crippen LogP contribution in [0.4, 0.5) is 4.79 Å². The fourth-order valence-corrected chi connectivity index (χ4v) is 2.72. The van der Waals surface area contributed by atoms with Crippen LogP contribution in [0.15, 0.2) is 0 Å². The zero-order valence-electron chi connectivity index (χ0n) is 12.9. The van der Waals surface area contributed by atoms with Crippen LogP contribution in [0.1, 0.15) is 52.9 Å². The molecule has 116 valence electrons. The van der Waals surface area contributed by atoms with E-state index in [1.807, 2.05) is 11.8 Å². The van der Waals surface area contributed by atoms with Crippen molar-refractivity contribution in [2.45, 2.75) is 58.9 Å². The minimum Gasteiger partial charge on any atom is -0.481 e. The Morgan fingerprint density at radius 1 is 1.30 bits per heavy atom. The van der Waals surface area contributed by atoms with E-state index in [1.54, 1.807) is 0 Å². The topological polar surface area (TPSA) is 69.6 Å². The standard InChI is InChI=1S/C15H28N2O3/c1-4-11(2)9-12(3)16-15(20)17-7-5-13(6-8-17)10-14(18)19/h11-13H,4-10H2,1-3H3,(H,16,20)(H,18,19). The van der Waals surface area contributed by atoms with Crippen LogP contribution < -0.4 is 5.32 Å². The molecule has 0 spiro atoms. The van der Waals surface area contributed by atoms with Crippen molar-refractivity contribution in [3.05, 3.63) is 0 Å². The molecule has 1 aliphatic rings. The van der Waals surface area contributed by atoms with Crippen LogP contribution in [0.3, 0.4) is 0 Å². The number of nitrogens with zero attached hydrogens (tertiary/aromatic N) is 1. The highest BCUT2D eigenvalue weighted by Crippen LogP contribution is 2.20. The van der Waals surface area contributed by atoms with Crippen molar-refractivity contribution in [3.8, 4) is 0 Å². The lowest BCUT2D eigenvalue weighted by molar-refractivity contribution is -0.138. The molecular weight excluding hydrogens is 256 g/mol. The number of likely N-dealkylation sites (tertiary alicyclic amines) is 1. The first kappa shape index (κ1) is 16.8. The summed E-state index contributed by atoms with van der Waals surface area (Å²) in [6.07, 6.45) is 3.93. The van der Waals surface area contributed by atoms with Gasteiger partial charge in [-0.1, -0.05) is 20.3 Å². The van der Waals surface area contributed by atoms with E-state index in [-0.39, 0.29) is 24.4 Å². The summed E-state index contributed by atoms with van der Waals surface area (Å²) in [7, 11) is 0. The molecule has 5 nitrogen and oxygen atoms in total. The minimum atomic E-state index is -0.741. The zero-order valence-corrected chi connectivity index (χ0v) is 12.9. The summed E-state index contributed by atoms with van der Waals surface area (Å²) in [4.78, 5) is 24.6. The maximum atomic E-state index is 12.1. The Morgan fingerprint density at radius 2 is 1.90 bits per heavy atom. The molecule has 2 unspecified atom stereocenters. The number of carboxylic acids is 1. The van der Waals surface area contributed by atoms with Gasteiger partial charge in [0, 0.05) is 25.6 Å². The van der Waals surface area contributed by atoms with Gasteiger partial charge in [0.15, 0.2) is 0 Å². The van der Waals surface area contributed by atoms with E-state index in [2.05, 4.69) is 19.2 Å². The smallest absolute Gasteiger partial charge is 0.317 e. The third-order valence-corrected chi connectivity index (χ3v) is 4.19. The number of aliphatic carboxylic acids is 1. The summed E-state index contributed by atoms with van der Waals surface area (Å²) in [5.41, 5.74) is 0. The zero-order chi connectivity index (χ0) is 15.1. The third kappa shape index (κ3) is 5.80. The Morgan fingerprint density at radius 3 is 2.40 bits per heavy atom. The number of carbonyl (C=O) groups is 2. The molecule has 0 radical (unpaired) electrons. The molecule has 5 heteroatoms. The molecule has 0 aliphatic carbocycles. The first-order valence-corrected chi connectivity index (χ1v) is 7.69. The number of piperidine rings is 1. The van der Waals surface area contributed by atoms with E-state index in [1.165, 1.54) is 0 Å². The van der Waals surface area contributed by atoms with E-state index in [0.29, 0.717) is 19.0 Å². The summed E-state index contributed by atoms with van der Waals surface area (Å²) >= 11 is 0. The molecule has 1 heterocycles. The maximum Gasteiger partial charge on any atom is 0.317 e. The number of hydrogen-bond donors (Lipinski definition) is 2. The van der Waals surface area contributed by atoms with Crippen LogP contribution in [-0.4, -0.2) is 41.1 Å². The van der Waals surface area contributed by atoms with Crippen molar-refractivity contribution in [2.24, 2.45) is 11.8 Å². The van der Waals surface area contributed by atoms with Gasteiger partial charge in [-0.25, -0.2) is 4.79 Å². The normalized spacial score (nSPS) is 19.4. The largest absolute Gasteiger partial charge is 0.481 e. The third-order valence-electron chi connectivity index (χ3n) is 4.19. The molecular formula is C15H28N2O3. The molecule has 1 rings (SSSR count). The molecule has 0 saturated carbocycles. The first-order chi connectivity index (χ1) is 9.42. The number of urea groups is 1. The highest BCUT2D eigenvalue weighted by molar-refractivity contribution is 5.74. The van der Waals surface area contributed by atoms with Gasteiger partial charge in [0.05, 0.1) is 0 Å². The van der Waals surface area contributed by atoms with E-state index in [4.69, 9.17) is 5.11 Å². The van der Waals surface area contributed by atoms with Gasteiger partial charge in [0.2, 0.25) is 0 Å². The predicted molar refractivity (Wildman–Crippen MR) is 78.6 cm³/mol. The van der Waals surface area contributed by atoms with Crippen LogP contribution >= 0.6 is 0 Å². The van der Waals surface area contributed by atoms with Crippen LogP contribution in [-0.2, 0) is 4.79 Å². The minimum absolute atomic E-state index is 0.00502. The maximum absolute atomic E-state index is 12.1. The number of amides is 2. The van der Waals surface area contributed by atoms with Gasteiger partial charge in [0.1, 0.15) is 0 Å². The molecule has 1 saturated heterocycles. The summed E-state index contributed by atoms with van der Waals surface area (Å²) in [6.45, 7) is 7.73. The summed E-state index contributed by atoms with van der Waals surface area (Å²) in [5, 5.41) is 11.8. The molecule has 1 fully saturated rings. The van der Waals surface area contributed by atoms with Gasteiger partial charge in [-0.15, -0.1) is 0 Å². The second-order valence-electron chi connectivity index (χ2n) is 6.13. The van der Waals surface area contributed by atoms with Crippen LogP contribution in [0.25, 0.3) is 0 Å². The Labute approximate surface area is 121 Å². The number of rotatable bonds is 6. The van der Waals surface area contributed by atoms with Crippen LogP contribution in [0, 0.1) is 11.8 Å². The molecule has 0 aromatic rings. The molecule has 2 N–H and O–H groups in total. The Kier molecular flexibility index (Phi) is 6.82. The van der Waals surface area contributed by atoms with Gasteiger partial charge in [-0.05, 0) is 38.0 Å². The van der Waals surface area contributed by atoms with Gasteiger partial charge < -0.3 is 15.3 Å². The second-order valence-corrected chi connectivity index (χ2v) is 6.13. The van der Waals surface area contributed by atoms with E-state index in [9.17, 15) is 9.59 Å². The fraction of sp³-hybridized carbons (Fsp3) is 0.867. The van der Waals surface area contributed by atoms with Crippen LogP contribution in [0.2, 0.25) is 0 Å². The molecule has 0 aromatic carbocycles. The molecule has 2 atom stereocenters. The van der Waals surface area contributed by atoms with E-state index >= 15 is 0 Å². The summed E-state index contributed by atoms with van der Waals surface area (Å²) in [5.74, 6) is 0.0933. The van der Waals surface area contributed by atoms with Gasteiger partial charge >= 0.3 is 12.0 Å². The lowest BCUT2D eigenvalue weighted by Gasteiger charge is -2.32. The Balaban J connectivity index is 2.30. The highest BCUT2D eigenvalue weighted by atomic mass is 16.4.